The lowest BCUT2D eigenvalue weighted by Crippen LogP contribution is -2.28. The highest BCUT2D eigenvalue weighted by molar-refractivity contribution is 7.99. The second-order valence-electron chi connectivity index (χ2n) is 8.12. The van der Waals surface area contributed by atoms with E-state index in [2.05, 4.69) is 21.8 Å². The number of rotatable bonds is 8. The molecule has 1 aromatic carbocycles. The SMILES string of the molecule is C=CCn1c(SCC(=O)N2N=C(c3ccc(C)cc3)C[C@@H]2c2ccco2)nnc1-c1ccncc1. The maximum absolute atomic E-state index is 13.4. The van der Waals surface area contributed by atoms with Gasteiger partial charge in [0.1, 0.15) is 11.8 Å². The molecule has 9 heteroatoms. The molecule has 1 aliphatic rings. The number of hydrazone groups is 1. The van der Waals surface area contributed by atoms with Crippen molar-refractivity contribution in [2.75, 3.05) is 5.75 Å². The van der Waals surface area contributed by atoms with Crippen molar-refractivity contribution in [3.05, 3.63) is 96.7 Å². The second-order valence-corrected chi connectivity index (χ2v) is 9.06. The number of thioether (sulfide) groups is 1. The van der Waals surface area contributed by atoms with E-state index in [1.165, 1.54) is 17.3 Å². The van der Waals surface area contributed by atoms with Gasteiger partial charge in [-0.05, 0) is 36.8 Å². The topological polar surface area (TPSA) is 89.4 Å². The Balaban J connectivity index is 1.37. The van der Waals surface area contributed by atoms with Gasteiger partial charge in [-0.3, -0.25) is 14.3 Å². The molecule has 0 aliphatic carbocycles. The van der Waals surface area contributed by atoms with Gasteiger partial charge in [0, 0.05) is 30.9 Å². The summed E-state index contributed by atoms with van der Waals surface area (Å²) >= 11 is 1.33. The van der Waals surface area contributed by atoms with Crippen LogP contribution in [0.5, 0.6) is 0 Å². The molecular weight excluding hydrogens is 460 g/mol. The first-order chi connectivity index (χ1) is 17.1. The number of carbonyl (C=O) groups is 1. The molecule has 0 spiro atoms. The largest absolute Gasteiger partial charge is 0.467 e. The van der Waals surface area contributed by atoms with Crippen LogP contribution in [0.4, 0.5) is 0 Å². The lowest BCUT2D eigenvalue weighted by atomic mass is 10.0. The van der Waals surface area contributed by atoms with Crippen LogP contribution in [0.25, 0.3) is 11.4 Å². The molecule has 1 aliphatic heterocycles. The molecule has 0 saturated carbocycles. The number of amides is 1. The Morgan fingerprint density at radius 3 is 2.66 bits per heavy atom. The van der Waals surface area contributed by atoms with Crippen molar-refractivity contribution >= 4 is 23.4 Å². The van der Waals surface area contributed by atoms with Crippen LogP contribution in [0.3, 0.4) is 0 Å². The zero-order chi connectivity index (χ0) is 24.2. The number of aromatic nitrogens is 4. The van der Waals surface area contributed by atoms with E-state index < -0.39 is 0 Å². The van der Waals surface area contributed by atoms with Crippen molar-refractivity contribution in [3.8, 4) is 11.4 Å². The van der Waals surface area contributed by atoms with Crippen molar-refractivity contribution in [2.24, 2.45) is 5.10 Å². The van der Waals surface area contributed by atoms with Gasteiger partial charge in [0.25, 0.3) is 5.91 Å². The monoisotopic (exact) mass is 484 g/mol. The zero-order valence-electron chi connectivity index (χ0n) is 19.2. The Labute approximate surface area is 207 Å². The van der Waals surface area contributed by atoms with E-state index in [4.69, 9.17) is 9.52 Å². The van der Waals surface area contributed by atoms with Crippen LogP contribution in [-0.2, 0) is 11.3 Å². The van der Waals surface area contributed by atoms with E-state index in [0.717, 1.165) is 16.8 Å². The Bertz CT molecular complexity index is 1350. The number of aryl methyl sites for hydroxylation is 1. The quantitative estimate of drug-likeness (QED) is 0.261. The van der Waals surface area contributed by atoms with Crippen molar-refractivity contribution in [1.29, 1.82) is 0 Å². The van der Waals surface area contributed by atoms with Crippen molar-refractivity contribution < 1.29 is 9.21 Å². The lowest BCUT2D eigenvalue weighted by molar-refractivity contribution is -0.130. The molecule has 3 aromatic heterocycles. The van der Waals surface area contributed by atoms with Gasteiger partial charge in [-0.2, -0.15) is 5.10 Å². The number of hydrogen-bond donors (Lipinski definition) is 0. The molecule has 0 saturated heterocycles. The third kappa shape index (κ3) is 4.81. The predicted octanol–water partition coefficient (Wildman–Crippen LogP) is 4.90. The molecular formula is C26H24N6O2S. The normalized spacial score (nSPS) is 15.3. The Morgan fingerprint density at radius 1 is 1.14 bits per heavy atom. The summed E-state index contributed by atoms with van der Waals surface area (Å²) in [5.74, 6) is 1.45. The van der Waals surface area contributed by atoms with E-state index in [0.29, 0.717) is 29.7 Å². The molecule has 1 amide bonds. The summed E-state index contributed by atoms with van der Waals surface area (Å²) < 4.78 is 7.59. The number of pyridine rings is 1. The first-order valence-electron chi connectivity index (χ1n) is 11.2. The molecule has 0 unspecified atom stereocenters. The van der Waals surface area contributed by atoms with Gasteiger partial charge in [0.15, 0.2) is 11.0 Å². The molecule has 0 bridgehead atoms. The Kier molecular flexibility index (Phi) is 6.58. The summed E-state index contributed by atoms with van der Waals surface area (Å²) in [4.78, 5) is 17.4. The van der Waals surface area contributed by atoms with Crippen molar-refractivity contribution in [2.45, 2.75) is 31.1 Å². The molecule has 4 aromatic rings. The number of benzene rings is 1. The maximum atomic E-state index is 13.4. The molecule has 35 heavy (non-hydrogen) atoms. The summed E-state index contributed by atoms with van der Waals surface area (Å²) in [6.07, 6.45) is 7.42. The third-order valence-corrected chi connectivity index (χ3v) is 6.67. The van der Waals surface area contributed by atoms with Crippen LogP contribution in [0.15, 0.2) is 94.5 Å². The molecule has 0 radical (unpaired) electrons. The van der Waals surface area contributed by atoms with Crippen LogP contribution >= 0.6 is 11.8 Å². The van der Waals surface area contributed by atoms with Gasteiger partial charge in [-0.25, -0.2) is 5.01 Å². The average Bonchev–Trinajstić information content (AvgIpc) is 3.64. The molecule has 5 rings (SSSR count). The van der Waals surface area contributed by atoms with Crippen LogP contribution in [0.2, 0.25) is 0 Å². The van der Waals surface area contributed by atoms with Crippen LogP contribution in [0.1, 0.15) is 29.3 Å². The fraction of sp³-hybridized carbons (Fsp3) is 0.192. The fourth-order valence-corrected chi connectivity index (χ4v) is 4.76. The molecule has 4 heterocycles. The fourth-order valence-electron chi connectivity index (χ4n) is 3.96. The standard InChI is InChI=1S/C26H24N6O2S/c1-3-14-31-25(20-10-12-27-13-11-20)28-29-26(31)35-17-24(33)32-22(23-5-4-15-34-23)16-21(30-32)19-8-6-18(2)7-9-19/h3-13,15,22H,1,14,16-17H2,2H3/t22-/m1/s1. The van der Waals surface area contributed by atoms with Crippen LogP contribution < -0.4 is 0 Å². The molecule has 0 N–H and O–H groups in total. The second kappa shape index (κ2) is 10.1. The van der Waals surface area contributed by atoms with Crippen molar-refractivity contribution in [3.63, 3.8) is 0 Å². The van der Waals surface area contributed by atoms with Crippen LogP contribution in [0, 0.1) is 6.92 Å². The maximum Gasteiger partial charge on any atom is 0.253 e. The number of hydrogen-bond acceptors (Lipinski definition) is 7. The average molecular weight is 485 g/mol. The predicted molar refractivity (Wildman–Crippen MR) is 135 cm³/mol. The molecule has 8 nitrogen and oxygen atoms in total. The van der Waals surface area contributed by atoms with Gasteiger partial charge in [0.2, 0.25) is 0 Å². The summed E-state index contributed by atoms with van der Waals surface area (Å²) in [5.41, 5.74) is 3.94. The number of furan rings is 1. The van der Waals surface area contributed by atoms with Gasteiger partial charge < -0.3 is 4.42 Å². The van der Waals surface area contributed by atoms with Gasteiger partial charge in [0.05, 0.1) is 17.7 Å². The summed E-state index contributed by atoms with van der Waals surface area (Å²) in [7, 11) is 0. The lowest BCUT2D eigenvalue weighted by Gasteiger charge is -2.19. The van der Waals surface area contributed by atoms with Gasteiger partial charge in [-0.15, -0.1) is 16.8 Å². The summed E-state index contributed by atoms with van der Waals surface area (Å²) in [6.45, 7) is 6.42. The number of carbonyl (C=O) groups excluding carboxylic acids is 1. The smallest absolute Gasteiger partial charge is 0.253 e. The van der Waals surface area contributed by atoms with Gasteiger partial charge >= 0.3 is 0 Å². The number of nitrogens with zero attached hydrogens (tertiary/aromatic N) is 6. The minimum absolute atomic E-state index is 0.128. The van der Waals surface area contributed by atoms with E-state index in [1.54, 1.807) is 29.7 Å². The zero-order valence-corrected chi connectivity index (χ0v) is 20.1. The summed E-state index contributed by atoms with van der Waals surface area (Å²) in [6, 6.07) is 15.4. The van der Waals surface area contributed by atoms with Crippen molar-refractivity contribution in [1.82, 2.24) is 24.8 Å². The summed E-state index contributed by atoms with van der Waals surface area (Å²) in [5, 5.41) is 15.6. The first-order valence-corrected chi connectivity index (χ1v) is 12.2. The Morgan fingerprint density at radius 2 is 1.94 bits per heavy atom. The van der Waals surface area contributed by atoms with E-state index in [1.807, 2.05) is 60.0 Å². The highest BCUT2D eigenvalue weighted by Gasteiger charge is 2.35. The highest BCUT2D eigenvalue weighted by atomic mass is 32.2. The third-order valence-electron chi connectivity index (χ3n) is 5.71. The highest BCUT2D eigenvalue weighted by Crippen LogP contribution is 2.34. The van der Waals surface area contributed by atoms with E-state index in [9.17, 15) is 4.79 Å². The van der Waals surface area contributed by atoms with Crippen LogP contribution in [-0.4, -0.2) is 42.1 Å². The minimum atomic E-state index is -0.284. The molecule has 0 fully saturated rings. The van der Waals surface area contributed by atoms with E-state index in [-0.39, 0.29) is 17.7 Å². The van der Waals surface area contributed by atoms with E-state index >= 15 is 0 Å². The number of allylic oxidation sites excluding steroid dienone is 1. The Hall–Kier alpha value is -3.98. The molecule has 1 atom stereocenters. The molecule has 176 valence electrons. The first kappa shape index (κ1) is 22.8. The minimum Gasteiger partial charge on any atom is -0.467 e. The van der Waals surface area contributed by atoms with Gasteiger partial charge in [-0.1, -0.05) is 47.7 Å².